The molecule has 0 aromatic heterocycles. The molecule has 1 aliphatic carbocycles. The standard InChI is InChI=1S/C7H9.3ClH.V/c1-6-4-3-5-7(6)2;;;;/h3H,4H2,1-2H3;3*1H;/q;;;;+3/p-3. The van der Waals surface area contributed by atoms with E-state index in [4.69, 9.17) is 0 Å². The first-order chi connectivity index (χ1) is 3.72. The third-order valence-electron chi connectivity index (χ3n) is 1.63. The van der Waals surface area contributed by atoms with E-state index in [1.54, 1.807) is 0 Å². The van der Waals surface area contributed by atoms with Crippen LogP contribution in [0.5, 0.6) is 0 Å². The molecule has 0 aliphatic heterocycles. The molecule has 11 heavy (non-hydrogen) atoms. The maximum Gasteiger partial charge on any atom is -1.00 e. The SMILES string of the molecule is CC1=C(C)[C]([V+3])=CC1.[Cl-].[Cl-].[Cl-]. The molecule has 0 atom stereocenters. The fraction of sp³-hybridized carbons (Fsp3) is 0.429. The Morgan fingerprint density at radius 1 is 1.18 bits per heavy atom. The number of rotatable bonds is 0. The Morgan fingerprint density at radius 2 is 1.64 bits per heavy atom. The smallest absolute Gasteiger partial charge is 1.00 e. The summed E-state index contributed by atoms with van der Waals surface area (Å²) < 4.78 is 1.40. The van der Waals surface area contributed by atoms with Gasteiger partial charge in [-0.15, -0.1) is 0 Å². The molecule has 0 nitrogen and oxygen atoms in total. The first-order valence-electron chi connectivity index (χ1n) is 2.77. The summed E-state index contributed by atoms with van der Waals surface area (Å²) in [6.07, 6.45) is 3.42. The minimum atomic E-state index is 0. The summed E-state index contributed by atoms with van der Waals surface area (Å²) in [4.78, 5) is 0. The van der Waals surface area contributed by atoms with Crippen molar-refractivity contribution >= 4 is 0 Å². The molecule has 0 spiro atoms. The van der Waals surface area contributed by atoms with E-state index in [0.29, 0.717) is 0 Å². The van der Waals surface area contributed by atoms with Gasteiger partial charge >= 0.3 is 59.2 Å². The van der Waals surface area contributed by atoms with Crippen LogP contribution < -0.4 is 37.2 Å². The zero-order valence-corrected chi connectivity index (χ0v) is 10.0. The van der Waals surface area contributed by atoms with Crippen molar-refractivity contribution in [2.24, 2.45) is 0 Å². The maximum absolute atomic E-state index is 2.60. The van der Waals surface area contributed by atoms with Crippen LogP contribution in [0.3, 0.4) is 0 Å². The summed E-state index contributed by atoms with van der Waals surface area (Å²) in [5, 5.41) is 0. The summed E-state index contributed by atoms with van der Waals surface area (Å²) in [5.41, 5.74) is 2.98. The van der Waals surface area contributed by atoms with Gasteiger partial charge in [0.05, 0.1) is 0 Å². The van der Waals surface area contributed by atoms with E-state index < -0.39 is 0 Å². The minimum Gasteiger partial charge on any atom is -1.00 e. The minimum absolute atomic E-state index is 0. The molecule has 0 radical (unpaired) electrons. The Morgan fingerprint density at radius 3 is 1.73 bits per heavy atom. The fourth-order valence-electron chi connectivity index (χ4n) is 0.775. The van der Waals surface area contributed by atoms with Gasteiger partial charge in [-0.25, -0.2) is 0 Å². The van der Waals surface area contributed by atoms with E-state index in [-0.39, 0.29) is 37.2 Å². The van der Waals surface area contributed by atoms with Crippen LogP contribution in [0.25, 0.3) is 0 Å². The van der Waals surface area contributed by atoms with Gasteiger partial charge in [0.2, 0.25) is 0 Å². The molecular formula is C7H9Cl3V. The van der Waals surface area contributed by atoms with Crippen molar-refractivity contribution in [2.75, 3.05) is 0 Å². The van der Waals surface area contributed by atoms with Crippen LogP contribution in [0.15, 0.2) is 21.5 Å². The number of halogens is 3. The maximum atomic E-state index is 2.60. The van der Waals surface area contributed by atoms with Gasteiger partial charge in [-0.05, 0) is 0 Å². The van der Waals surface area contributed by atoms with Gasteiger partial charge in [-0.2, -0.15) is 0 Å². The first-order valence-corrected chi connectivity index (χ1v) is 3.47. The van der Waals surface area contributed by atoms with Gasteiger partial charge in [0, 0.05) is 0 Å². The van der Waals surface area contributed by atoms with Crippen LogP contribution in [-0.2, 0) is 17.4 Å². The number of allylic oxidation sites excluding steroid dienone is 4. The van der Waals surface area contributed by atoms with E-state index in [1.807, 2.05) is 0 Å². The van der Waals surface area contributed by atoms with Gasteiger partial charge in [0.1, 0.15) is 0 Å². The van der Waals surface area contributed by atoms with E-state index in [0.717, 1.165) is 6.42 Å². The molecule has 0 aromatic carbocycles. The molecule has 63 valence electrons. The van der Waals surface area contributed by atoms with Crippen LogP contribution in [-0.4, -0.2) is 0 Å². The van der Waals surface area contributed by atoms with E-state index in [1.165, 1.54) is 15.4 Å². The number of hydrogen-bond acceptors (Lipinski definition) is 0. The normalized spacial score (nSPS) is 14.4. The molecule has 0 aromatic rings. The van der Waals surface area contributed by atoms with Crippen LogP contribution in [0.4, 0.5) is 0 Å². The second-order valence-corrected chi connectivity index (χ2v) is 2.95. The fourth-order valence-corrected chi connectivity index (χ4v) is 1.22. The van der Waals surface area contributed by atoms with Crippen molar-refractivity contribution in [1.29, 1.82) is 0 Å². The Balaban J connectivity index is -0.000000213. The third kappa shape index (κ3) is 4.50. The van der Waals surface area contributed by atoms with Gasteiger partial charge in [-0.3, -0.25) is 0 Å². The van der Waals surface area contributed by atoms with Crippen LogP contribution in [0.2, 0.25) is 0 Å². The number of hydrogen-bond donors (Lipinski definition) is 0. The van der Waals surface area contributed by atoms with E-state index in [2.05, 4.69) is 37.3 Å². The quantitative estimate of drug-likeness (QED) is 0.401. The summed E-state index contributed by atoms with van der Waals surface area (Å²) >= 11 is 2.60. The second kappa shape index (κ2) is 7.58. The molecule has 0 unspecified atom stereocenters. The van der Waals surface area contributed by atoms with Crippen LogP contribution in [0, 0.1) is 0 Å². The average molecular weight is 250 g/mol. The Hall–Kier alpha value is 0.934. The molecule has 0 bridgehead atoms. The largest absolute Gasteiger partial charge is 1.00 e. The van der Waals surface area contributed by atoms with Gasteiger partial charge in [0.15, 0.2) is 0 Å². The molecule has 0 amide bonds. The Labute approximate surface area is 96.1 Å². The van der Waals surface area contributed by atoms with E-state index in [9.17, 15) is 0 Å². The van der Waals surface area contributed by atoms with Crippen LogP contribution >= 0.6 is 0 Å². The summed E-state index contributed by atoms with van der Waals surface area (Å²) in [6, 6.07) is 0. The van der Waals surface area contributed by atoms with Crippen molar-refractivity contribution in [2.45, 2.75) is 20.3 Å². The molecule has 0 saturated heterocycles. The molecule has 4 heteroatoms. The molecular weight excluding hydrogens is 241 g/mol. The molecule has 0 heterocycles. The summed E-state index contributed by atoms with van der Waals surface area (Å²) in [6.45, 7) is 4.36. The van der Waals surface area contributed by atoms with Crippen molar-refractivity contribution in [3.8, 4) is 0 Å². The van der Waals surface area contributed by atoms with Crippen LogP contribution in [0.1, 0.15) is 20.3 Å². The molecule has 0 N–H and O–H groups in total. The molecule has 1 rings (SSSR count). The Kier molecular flexibility index (Phi) is 12.3. The monoisotopic (exact) mass is 249 g/mol. The van der Waals surface area contributed by atoms with E-state index >= 15 is 0 Å². The third-order valence-corrected chi connectivity index (χ3v) is 2.43. The summed E-state index contributed by atoms with van der Waals surface area (Å²) in [7, 11) is 0. The summed E-state index contributed by atoms with van der Waals surface area (Å²) in [5.74, 6) is 0. The van der Waals surface area contributed by atoms with Gasteiger partial charge in [0.25, 0.3) is 0 Å². The van der Waals surface area contributed by atoms with Crippen molar-refractivity contribution in [3.63, 3.8) is 0 Å². The zero-order valence-electron chi connectivity index (χ0n) is 6.37. The molecule has 1 aliphatic rings. The Bertz CT molecular complexity index is 167. The zero-order chi connectivity index (χ0) is 6.15. The average Bonchev–Trinajstić information content (AvgIpc) is 1.98. The van der Waals surface area contributed by atoms with Crippen molar-refractivity contribution in [3.05, 3.63) is 21.5 Å². The predicted molar refractivity (Wildman–Crippen MR) is 31.1 cm³/mol. The topological polar surface area (TPSA) is 0 Å². The first kappa shape index (κ1) is 17.9. The van der Waals surface area contributed by atoms with Gasteiger partial charge in [-0.1, -0.05) is 0 Å². The van der Waals surface area contributed by atoms with Crippen molar-refractivity contribution < 1.29 is 54.6 Å². The molecule has 0 fully saturated rings. The molecule has 0 saturated carbocycles. The van der Waals surface area contributed by atoms with Crippen molar-refractivity contribution in [1.82, 2.24) is 0 Å². The second-order valence-electron chi connectivity index (χ2n) is 2.20. The van der Waals surface area contributed by atoms with Gasteiger partial charge < -0.3 is 37.2 Å². The predicted octanol–water partition coefficient (Wildman–Crippen LogP) is -6.83.